The van der Waals surface area contributed by atoms with Crippen LogP contribution in [0, 0.1) is 0 Å². The molecule has 0 aromatic heterocycles. The quantitative estimate of drug-likeness (QED) is 0.789. The third-order valence-electron chi connectivity index (χ3n) is 3.67. The lowest BCUT2D eigenvalue weighted by atomic mass is 10.0. The number of ether oxygens (including phenoxy) is 1. The number of hydrogen-bond donors (Lipinski definition) is 3. The van der Waals surface area contributed by atoms with E-state index in [4.69, 9.17) is 27.9 Å². The van der Waals surface area contributed by atoms with E-state index in [0.29, 0.717) is 10.0 Å². The van der Waals surface area contributed by atoms with Crippen LogP contribution in [0.4, 0.5) is 5.69 Å². The summed E-state index contributed by atoms with van der Waals surface area (Å²) in [6.07, 6.45) is 0.984. The summed E-state index contributed by atoms with van der Waals surface area (Å²) in [5.74, 6) is 0.842. The summed E-state index contributed by atoms with van der Waals surface area (Å²) in [5, 5.41) is 4.75. The molecule has 116 valence electrons. The fraction of sp³-hybridized carbons (Fsp3) is 0.250. The highest BCUT2D eigenvalue weighted by atomic mass is 35.5. The Morgan fingerprint density at radius 2 is 1.86 bits per heavy atom. The molecule has 1 fully saturated rings. The molecule has 3 rings (SSSR count). The van der Waals surface area contributed by atoms with Crippen LogP contribution in [0.3, 0.4) is 0 Å². The minimum absolute atomic E-state index is 0.116. The number of methoxy groups -OCH3 is 1. The van der Waals surface area contributed by atoms with Gasteiger partial charge in [-0.1, -0.05) is 29.3 Å². The largest absolute Gasteiger partial charge is 0.497 e. The normalized spacial score (nSPS) is 20.9. The van der Waals surface area contributed by atoms with Crippen LogP contribution in [0.25, 0.3) is 0 Å². The van der Waals surface area contributed by atoms with Crippen LogP contribution < -0.4 is 20.9 Å². The van der Waals surface area contributed by atoms with Crippen molar-refractivity contribution < 1.29 is 4.74 Å². The summed E-state index contributed by atoms with van der Waals surface area (Å²) in [7, 11) is 1.66. The first-order chi connectivity index (χ1) is 10.7. The lowest BCUT2D eigenvalue weighted by Crippen LogP contribution is -2.35. The van der Waals surface area contributed by atoms with E-state index in [1.54, 1.807) is 13.2 Å². The zero-order valence-electron chi connectivity index (χ0n) is 12.1. The Labute approximate surface area is 139 Å². The van der Waals surface area contributed by atoms with E-state index in [9.17, 15) is 0 Å². The lowest BCUT2D eigenvalue weighted by molar-refractivity contribution is 0.415. The maximum absolute atomic E-state index is 6.26. The van der Waals surface area contributed by atoms with Crippen LogP contribution in [0.5, 0.6) is 5.75 Å². The Kier molecular flexibility index (Phi) is 4.74. The second-order valence-electron chi connectivity index (χ2n) is 5.17. The fourth-order valence-corrected chi connectivity index (χ4v) is 3.07. The molecular weight excluding hydrogens is 321 g/mol. The minimum Gasteiger partial charge on any atom is -0.497 e. The van der Waals surface area contributed by atoms with Gasteiger partial charge in [-0.2, -0.15) is 0 Å². The van der Waals surface area contributed by atoms with Crippen molar-refractivity contribution in [2.45, 2.75) is 18.6 Å². The molecule has 1 saturated heterocycles. The van der Waals surface area contributed by atoms with Crippen LogP contribution in [0.15, 0.2) is 42.5 Å². The van der Waals surface area contributed by atoms with Gasteiger partial charge in [-0.05, 0) is 42.0 Å². The van der Waals surface area contributed by atoms with Gasteiger partial charge in [-0.3, -0.25) is 0 Å². The Bertz CT molecular complexity index is 648. The van der Waals surface area contributed by atoms with Crippen molar-refractivity contribution in [1.29, 1.82) is 0 Å². The first-order valence-electron chi connectivity index (χ1n) is 7.02. The van der Waals surface area contributed by atoms with Gasteiger partial charge in [0.2, 0.25) is 0 Å². The molecular formula is C16H17Cl2N3O. The van der Waals surface area contributed by atoms with Crippen molar-refractivity contribution in [3.8, 4) is 5.75 Å². The Morgan fingerprint density at radius 1 is 1.09 bits per heavy atom. The summed E-state index contributed by atoms with van der Waals surface area (Å²) in [6.45, 7) is 0. The molecule has 0 amide bonds. The maximum atomic E-state index is 6.26. The van der Waals surface area contributed by atoms with E-state index in [2.05, 4.69) is 16.2 Å². The highest BCUT2D eigenvalue weighted by Gasteiger charge is 2.26. The molecule has 3 N–H and O–H groups in total. The van der Waals surface area contributed by atoms with Crippen molar-refractivity contribution in [3.63, 3.8) is 0 Å². The molecule has 2 aromatic rings. The van der Waals surface area contributed by atoms with Gasteiger partial charge in [0.15, 0.2) is 0 Å². The SMILES string of the molecule is COc1ccc(NC2CC(c3ccc(Cl)cc3Cl)NN2)cc1. The number of rotatable bonds is 4. The molecule has 22 heavy (non-hydrogen) atoms. The van der Waals surface area contributed by atoms with E-state index in [1.807, 2.05) is 36.4 Å². The predicted molar refractivity (Wildman–Crippen MR) is 90.5 cm³/mol. The van der Waals surface area contributed by atoms with Crippen molar-refractivity contribution >= 4 is 28.9 Å². The first kappa shape index (κ1) is 15.4. The molecule has 2 unspecified atom stereocenters. The van der Waals surface area contributed by atoms with E-state index < -0.39 is 0 Å². The Morgan fingerprint density at radius 3 is 2.55 bits per heavy atom. The fourth-order valence-electron chi connectivity index (χ4n) is 2.53. The summed E-state index contributed by atoms with van der Waals surface area (Å²) in [5.41, 5.74) is 8.57. The van der Waals surface area contributed by atoms with Crippen LogP contribution in [0.1, 0.15) is 18.0 Å². The van der Waals surface area contributed by atoms with E-state index in [1.165, 1.54) is 0 Å². The van der Waals surface area contributed by atoms with E-state index in [-0.39, 0.29) is 12.2 Å². The molecule has 2 aromatic carbocycles. The summed E-state index contributed by atoms with van der Waals surface area (Å²) in [6, 6.07) is 13.6. The summed E-state index contributed by atoms with van der Waals surface area (Å²) >= 11 is 12.2. The highest BCUT2D eigenvalue weighted by molar-refractivity contribution is 6.35. The zero-order chi connectivity index (χ0) is 15.5. The molecule has 2 atom stereocenters. The topological polar surface area (TPSA) is 45.3 Å². The molecule has 1 aliphatic heterocycles. The van der Waals surface area contributed by atoms with Crippen LogP contribution in [0.2, 0.25) is 10.0 Å². The van der Waals surface area contributed by atoms with Gasteiger partial charge in [0.05, 0.1) is 19.3 Å². The monoisotopic (exact) mass is 337 g/mol. The molecule has 1 aliphatic rings. The Balaban J connectivity index is 1.64. The van der Waals surface area contributed by atoms with Gasteiger partial charge in [0, 0.05) is 22.2 Å². The lowest BCUT2D eigenvalue weighted by Gasteiger charge is -2.14. The standard InChI is InChI=1S/C16H17Cl2N3O/c1-22-12-5-3-11(4-6-12)19-16-9-15(20-21-16)13-7-2-10(17)8-14(13)18/h2-8,15-16,19-21H,9H2,1H3. The molecule has 0 bridgehead atoms. The zero-order valence-corrected chi connectivity index (χ0v) is 13.6. The van der Waals surface area contributed by atoms with Crippen molar-refractivity contribution in [2.24, 2.45) is 0 Å². The summed E-state index contributed by atoms with van der Waals surface area (Å²) < 4.78 is 5.16. The first-order valence-corrected chi connectivity index (χ1v) is 7.78. The number of hydrazine groups is 1. The molecule has 0 aliphatic carbocycles. The van der Waals surface area contributed by atoms with Crippen LogP contribution in [-0.2, 0) is 0 Å². The molecule has 1 heterocycles. The smallest absolute Gasteiger partial charge is 0.119 e. The van der Waals surface area contributed by atoms with Gasteiger partial charge in [0.1, 0.15) is 5.75 Å². The van der Waals surface area contributed by atoms with Gasteiger partial charge >= 0.3 is 0 Å². The number of hydrogen-bond acceptors (Lipinski definition) is 4. The minimum atomic E-state index is 0.116. The second-order valence-corrected chi connectivity index (χ2v) is 6.01. The predicted octanol–water partition coefficient (Wildman–Crippen LogP) is 3.98. The van der Waals surface area contributed by atoms with Crippen molar-refractivity contribution in [1.82, 2.24) is 10.9 Å². The third-order valence-corrected chi connectivity index (χ3v) is 4.23. The van der Waals surface area contributed by atoms with Gasteiger partial charge in [0.25, 0.3) is 0 Å². The summed E-state index contributed by atoms with van der Waals surface area (Å²) in [4.78, 5) is 0. The number of halogens is 2. The van der Waals surface area contributed by atoms with Crippen molar-refractivity contribution in [3.05, 3.63) is 58.1 Å². The van der Waals surface area contributed by atoms with Crippen LogP contribution in [-0.4, -0.2) is 13.3 Å². The maximum Gasteiger partial charge on any atom is 0.119 e. The van der Waals surface area contributed by atoms with Crippen molar-refractivity contribution in [2.75, 3.05) is 12.4 Å². The number of benzene rings is 2. The van der Waals surface area contributed by atoms with Gasteiger partial charge in [-0.25, -0.2) is 10.9 Å². The third kappa shape index (κ3) is 3.47. The average molecular weight is 338 g/mol. The number of nitrogens with one attached hydrogen (secondary N) is 3. The molecule has 0 spiro atoms. The van der Waals surface area contributed by atoms with Crippen LogP contribution >= 0.6 is 23.2 Å². The molecule has 0 saturated carbocycles. The average Bonchev–Trinajstić information content (AvgIpc) is 2.96. The highest BCUT2D eigenvalue weighted by Crippen LogP contribution is 2.31. The van der Waals surface area contributed by atoms with E-state index >= 15 is 0 Å². The van der Waals surface area contributed by atoms with Gasteiger partial charge in [-0.15, -0.1) is 0 Å². The Hall–Kier alpha value is -1.46. The molecule has 4 nitrogen and oxygen atoms in total. The van der Waals surface area contributed by atoms with Gasteiger partial charge < -0.3 is 10.1 Å². The second kappa shape index (κ2) is 6.75. The molecule has 0 radical (unpaired) electrons. The number of anilines is 1. The molecule has 6 heteroatoms. The van der Waals surface area contributed by atoms with E-state index in [0.717, 1.165) is 23.4 Å².